The minimum absolute atomic E-state index is 0.0254. The third-order valence-electron chi connectivity index (χ3n) is 5.71. The van der Waals surface area contributed by atoms with E-state index >= 15 is 0 Å². The van der Waals surface area contributed by atoms with Crippen LogP contribution in [-0.4, -0.2) is 32.1 Å². The number of aryl methyl sites for hydroxylation is 2. The second kappa shape index (κ2) is 8.94. The molecule has 1 unspecified atom stereocenters. The van der Waals surface area contributed by atoms with E-state index in [0.29, 0.717) is 17.8 Å². The predicted octanol–water partition coefficient (Wildman–Crippen LogP) is 5.35. The van der Waals surface area contributed by atoms with Crippen LogP contribution >= 0.6 is 0 Å². The minimum atomic E-state index is -5.06. The van der Waals surface area contributed by atoms with Crippen molar-refractivity contribution < 1.29 is 40.7 Å². The Kier molecular flexibility index (Phi) is 6.71. The molecule has 1 aliphatic rings. The van der Waals surface area contributed by atoms with Gasteiger partial charge in [0.25, 0.3) is 0 Å². The van der Waals surface area contributed by atoms with Crippen molar-refractivity contribution in [2.75, 3.05) is 30.5 Å². The average Bonchev–Trinajstić information content (AvgIpc) is 3.04. The fraction of sp³-hybridized carbons (Fsp3) is 0.391. The third-order valence-corrected chi connectivity index (χ3v) is 5.71. The first-order valence-corrected chi connectivity index (χ1v) is 10.1. The van der Waals surface area contributed by atoms with E-state index in [1.807, 2.05) is 0 Å². The Hall–Kier alpha value is -3.08. The van der Waals surface area contributed by atoms with Gasteiger partial charge in [0.05, 0.1) is 23.1 Å². The number of anilines is 2. The summed E-state index contributed by atoms with van der Waals surface area (Å²) in [5.74, 6) is -1.33. The lowest BCUT2D eigenvalue weighted by Crippen LogP contribution is -2.42. The Morgan fingerprint density at radius 1 is 1.03 bits per heavy atom. The monoisotopic (exact) mass is 488 g/mol. The predicted molar refractivity (Wildman–Crippen MR) is 112 cm³/mol. The summed E-state index contributed by atoms with van der Waals surface area (Å²) in [6, 6.07) is 6.19. The lowest BCUT2D eigenvalue weighted by molar-refractivity contribution is -0.143. The maximum atomic E-state index is 13.2. The molecular weight excluding hydrogens is 466 g/mol. The van der Waals surface area contributed by atoms with Crippen molar-refractivity contribution in [3.63, 3.8) is 0 Å². The Balaban J connectivity index is 1.98. The van der Waals surface area contributed by atoms with Crippen LogP contribution in [0.4, 0.5) is 37.7 Å². The van der Waals surface area contributed by atoms with Crippen LogP contribution in [0, 0.1) is 19.3 Å². The van der Waals surface area contributed by atoms with Crippen molar-refractivity contribution >= 4 is 23.2 Å². The normalized spacial score (nSPS) is 19.0. The molecule has 184 valence electrons. The maximum absolute atomic E-state index is 13.2. The van der Waals surface area contributed by atoms with Gasteiger partial charge in [-0.1, -0.05) is 18.2 Å². The third kappa shape index (κ3) is 5.03. The zero-order valence-corrected chi connectivity index (χ0v) is 18.5. The van der Waals surface area contributed by atoms with E-state index in [2.05, 4.69) is 5.32 Å². The number of halogens is 6. The van der Waals surface area contributed by atoms with Gasteiger partial charge in [-0.3, -0.25) is 9.59 Å². The number of hydrogen-bond donors (Lipinski definition) is 1. The van der Waals surface area contributed by atoms with Crippen LogP contribution in [0.5, 0.6) is 0 Å². The number of nitrogens with one attached hydrogen (secondary N) is 1. The molecule has 0 aliphatic carbocycles. The smallest absolute Gasteiger partial charge is 0.383 e. The molecule has 0 radical (unpaired) electrons. The van der Waals surface area contributed by atoms with Crippen LogP contribution in [-0.2, 0) is 26.7 Å². The zero-order valence-electron chi connectivity index (χ0n) is 18.5. The molecule has 2 aromatic carbocycles. The van der Waals surface area contributed by atoms with Crippen LogP contribution in [0.3, 0.4) is 0 Å². The van der Waals surface area contributed by atoms with Crippen molar-refractivity contribution in [3.8, 4) is 0 Å². The first-order chi connectivity index (χ1) is 15.7. The summed E-state index contributed by atoms with van der Waals surface area (Å²) in [6.07, 6.45) is -10.5. The summed E-state index contributed by atoms with van der Waals surface area (Å²) < 4.78 is 84.2. The first-order valence-electron chi connectivity index (χ1n) is 10.1. The van der Waals surface area contributed by atoms with E-state index in [4.69, 9.17) is 4.74 Å². The number of alkyl halides is 6. The van der Waals surface area contributed by atoms with Gasteiger partial charge in [-0.15, -0.1) is 0 Å². The minimum Gasteiger partial charge on any atom is -0.383 e. The molecule has 11 heteroatoms. The van der Waals surface area contributed by atoms with Gasteiger partial charge >= 0.3 is 12.4 Å². The summed E-state index contributed by atoms with van der Waals surface area (Å²) in [6.45, 7) is 3.15. The number of hydrogen-bond acceptors (Lipinski definition) is 3. The van der Waals surface area contributed by atoms with Gasteiger partial charge in [-0.2, -0.15) is 26.3 Å². The summed E-state index contributed by atoms with van der Waals surface area (Å²) >= 11 is 0. The Morgan fingerprint density at radius 3 is 2.03 bits per heavy atom. The highest BCUT2D eigenvalue weighted by molar-refractivity contribution is 6.06. The molecule has 0 bridgehead atoms. The molecular formula is C23H22F6N2O3. The van der Waals surface area contributed by atoms with Gasteiger partial charge in [0, 0.05) is 31.5 Å². The van der Waals surface area contributed by atoms with E-state index in [-0.39, 0.29) is 25.6 Å². The molecule has 34 heavy (non-hydrogen) atoms. The lowest BCUT2D eigenvalue weighted by Gasteiger charge is -2.28. The van der Waals surface area contributed by atoms with Crippen LogP contribution in [0.2, 0.25) is 0 Å². The van der Waals surface area contributed by atoms with Gasteiger partial charge in [0.15, 0.2) is 0 Å². The fourth-order valence-corrected chi connectivity index (χ4v) is 4.15. The molecule has 0 saturated carbocycles. The molecule has 1 N–H and O–H groups in total. The molecule has 1 saturated heterocycles. The number of methoxy groups -OCH3 is 1. The fourth-order valence-electron chi connectivity index (χ4n) is 4.15. The lowest BCUT2D eigenvalue weighted by atomic mass is 9.86. The maximum Gasteiger partial charge on any atom is 0.416 e. The van der Waals surface area contributed by atoms with Crippen molar-refractivity contribution in [3.05, 3.63) is 58.7 Å². The second-order valence-corrected chi connectivity index (χ2v) is 8.36. The van der Waals surface area contributed by atoms with Crippen LogP contribution in [0.15, 0.2) is 36.4 Å². The molecule has 1 heterocycles. The van der Waals surface area contributed by atoms with E-state index < -0.39 is 46.4 Å². The summed E-state index contributed by atoms with van der Waals surface area (Å²) in [5.41, 5.74) is -3.18. The average molecular weight is 488 g/mol. The molecule has 1 atom stereocenters. The molecule has 0 spiro atoms. The number of carbonyl (C=O) groups excluding carboxylic acids is 2. The molecule has 0 aromatic heterocycles. The van der Waals surface area contributed by atoms with Gasteiger partial charge in [-0.05, 0) is 43.2 Å². The van der Waals surface area contributed by atoms with Crippen molar-refractivity contribution in [1.82, 2.24) is 0 Å². The van der Waals surface area contributed by atoms with Gasteiger partial charge < -0.3 is 15.0 Å². The van der Waals surface area contributed by atoms with E-state index in [0.717, 1.165) is 11.1 Å². The summed E-state index contributed by atoms with van der Waals surface area (Å²) in [5, 5.41) is 2.16. The molecule has 2 aromatic rings. The Bertz CT molecular complexity index is 1060. The summed E-state index contributed by atoms with van der Waals surface area (Å²) in [7, 11) is 1.28. The van der Waals surface area contributed by atoms with Crippen LogP contribution < -0.4 is 10.2 Å². The van der Waals surface area contributed by atoms with Crippen molar-refractivity contribution in [2.45, 2.75) is 32.6 Å². The van der Waals surface area contributed by atoms with Gasteiger partial charge in [0.2, 0.25) is 11.8 Å². The first kappa shape index (κ1) is 25.5. The number of rotatable bonds is 5. The largest absolute Gasteiger partial charge is 0.416 e. The molecule has 5 nitrogen and oxygen atoms in total. The summed E-state index contributed by atoms with van der Waals surface area (Å²) in [4.78, 5) is 27.5. The zero-order chi connectivity index (χ0) is 25.5. The number of ether oxygens (including phenoxy) is 1. The molecule has 1 aliphatic heterocycles. The van der Waals surface area contributed by atoms with Gasteiger partial charge in [0.1, 0.15) is 0 Å². The SMILES string of the molecule is COCC1(C(=O)Nc2cc(C(F)(F)F)cc(C(F)(F)F)c2)CC(=O)N(c2c(C)cccc2C)C1. The number of para-hydroxylation sites is 1. The highest BCUT2D eigenvalue weighted by atomic mass is 19.4. The number of carbonyl (C=O) groups is 2. The van der Waals surface area contributed by atoms with Gasteiger partial charge in [-0.25, -0.2) is 0 Å². The Morgan fingerprint density at radius 2 is 1.56 bits per heavy atom. The quantitative estimate of drug-likeness (QED) is 0.578. The molecule has 2 amide bonds. The van der Waals surface area contributed by atoms with Crippen molar-refractivity contribution in [2.24, 2.45) is 5.41 Å². The van der Waals surface area contributed by atoms with Crippen LogP contribution in [0.25, 0.3) is 0 Å². The van der Waals surface area contributed by atoms with Crippen molar-refractivity contribution in [1.29, 1.82) is 0 Å². The topological polar surface area (TPSA) is 58.6 Å². The number of benzene rings is 2. The molecule has 3 rings (SSSR count). The van der Waals surface area contributed by atoms with E-state index in [1.165, 1.54) is 12.0 Å². The number of nitrogens with zero attached hydrogens (tertiary/aromatic N) is 1. The van der Waals surface area contributed by atoms with Crippen LogP contribution in [0.1, 0.15) is 28.7 Å². The highest BCUT2D eigenvalue weighted by Gasteiger charge is 2.50. The second-order valence-electron chi connectivity index (χ2n) is 8.36. The number of amides is 2. The molecule has 1 fully saturated rings. The van der Waals surface area contributed by atoms with E-state index in [1.54, 1.807) is 32.0 Å². The highest BCUT2D eigenvalue weighted by Crippen LogP contribution is 2.40. The Labute approximate surface area is 191 Å². The van der Waals surface area contributed by atoms with E-state index in [9.17, 15) is 35.9 Å². The standard InChI is InChI=1S/C23H22F6N2O3/c1-13-5-4-6-14(2)19(13)31-11-21(12-34-3,10-18(31)32)20(33)30-17-8-15(22(24,25)26)7-16(9-17)23(27,28)29/h4-9H,10-12H2,1-3H3,(H,30,33).